The average molecular weight is 275 g/mol. The highest BCUT2D eigenvalue weighted by molar-refractivity contribution is 5.91. The van der Waals surface area contributed by atoms with Gasteiger partial charge in [-0.3, -0.25) is 4.79 Å². The van der Waals surface area contributed by atoms with Gasteiger partial charge in [0.15, 0.2) is 18.2 Å². The summed E-state index contributed by atoms with van der Waals surface area (Å²) in [6.45, 7) is -0.684. The molecular weight excluding hydrogens is 261 g/mol. The fourth-order valence-corrected chi connectivity index (χ4v) is 1.70. The molecule has 0 aliphatic rings. The standard InChI is InChI=1S/C15H14FNO3/c16-13-8-4-5-11(9-18)15(13)20-10-14(19)17-12-6-2-1-3-7-12/h1-8,18H,9-10H2,(H,17,19). The quantitative estimate of drug-likeness (QED) is 0.880. The van der Waals surface area contributed by atoms with Crippen molar-refractivity contribution in [3.63, 3.8) is 0 Å². The maximum atomic E-state index is 13.5. The van der Waals surface area contributed by atoms with Gasteiger partial charge in [-0.25, -0.2) is 4.39 Å². The van der Waals surface area contributed by atoms with Gasteiger partial charge in [-0.15, -0.1) is 0 Å². The van der Waals surface area contributed by atoms with Crippen LogP contribution in [0.15, 0.2) is 48.5 Å². The predicted octanol–water partition coefficient (Wildman–Crippen LogP) is 2.34. The van der Waals surface area contributed by atoms with E-state index in [0.717, 1.165) is 0 Å². The zero-order valence-corrected chi connectivity index (χ0v) is 10.7. The first kappa shape index (κ1) is 14.0. The molecule has 0 fully saturated rings. The highest BCUT2D eigenvalue weighted by Gasteiger charge is 2.11. The third kappa shape index (κ3) is 3.55. The lowest BCUT2D eigenvalue weighted by molar-refractivity contribution is -0.118. The van der Waals surface area contributed by atoms with Gasteiger partial charge in [0.05, 0.1) is 6.61 Å². The minimum absolute atomic E-state index is 0.0989. The van der Waals surface area contributed by atoms with Crippen LogP contribution in [0, 0.1) is 5.82 Å². The third-order valence-electron chi connectivity index (χ3n) is 2.62. The zero-order valence-electron chi connectivity index (χ0n) is 10.7. The highest BCUT2D eigenvalue weighted by atomic mass is 19.1. The number of hydrogen-bond donors (Lipinski definition) is 2. The van der Waals surface area contributed by atoms with E-state index in [9.17, 15) is 9.18 Å². The van der Waals surface area contributed by atoms with E-state index in [1.54, 1.807) is 24.3 Å². The first-order chi connectivity index (χ1) is 9.70. The van der Waals surface area contributed by atoms with Crippen LogP contribution in [0.4, 0.5) is 10.1 Å². The van der Waals surface area contributed by atoms with Crippen molar-refractivity contribution >= 4 is 11.6 Å². The Kier molecular flexibility index (Phi) is 4.68. The monoisotopic (exact) mass is 275 g/mol. The van der Waals surface area contributed by atoms with Crippen molar-refractivity contribution in [1.82, 2.24) is 0 Å². The van der Waals surface area contributed by atoms with E-state index in [2.05, 4.69) is 5.32 Å². The van der Waals surface area contributed by atoms with Crippen molar-refractivity contribution in [3.8, 4) is 5.75 Å². The van der Waals surface area contributed by atoms with Crippen LogP contribution < -0.4 is 10.1 Å². The molecule has 0 saturated heterocycles. The van der Waals surface area contributed by atoms with Crippen LogP contribution >= 0.6 is 0 Å². The van der Waals surface area contributed by atoms with Gasteiger partial charge in [0.25, 0.3) is 5.91 Å². The van der Waals surface area contributed by atoms with E-state index < -0.39 is 11.7 Å². The molecule has 2 aromatic carbocycles. The summed E-state index contributed by atoms with van der Waals surface area (Å²) in [5.74, 6) is -1.11. The number of nitrogens with one attached hydrogen (secondary N) is 1. The summed E-state index contributed by atoms with van der Waals surface area (Å²) in [6, 6.07) is 13.1. The molecule has 0 saturated carbocycles. The summed E-state index contributed by atoms with van der Waals surface area (Å²) in [6.07, 6.45) is 0. The number of amides is 1. The molecular formula is C15H14FNO3. The number of benzene rings is 2. The molecule has 104 valence electrons. The molecule has 2 N–H and O–H groups in total. The van der Waals surface area contributed by atoms with E-state index in [-0.39, 0.29) is 19.0 Å². The SMILES string of the molecule is O=C(COc1c(F)cccc1CO)Nc1ccccc1. The average Bonchev–Trinajstić information content (AvgIpc) is 2.46. The molecule has 0 aromatic heterocycles. The van der Waals surface area contributed by atoms with Gasteiger partial charge in [-0.2, -0.15) is 0 Å². The Hall–Kier alpha value is -2.40. The van der Waals surface area contributed by atoms with Crippen molar-refractivity contribution in [1.29, 1.82) is 0 Å². The molecule has 0 bridgehead atoms. The summed E-state index contributed by atoms with van der Waals surface area (Å²) >= 11 is 0. The third-order valence-corrected chi connectivity index (χ3v) is 2.62. The van der Waals surface area contributed by atoms with E-state index in [1.807, 2.05) is 6.07 Å². The van der Waals surface area contributed by atoms with Gasteiger partial charge < -0.3 is 15.2 Å². The van der Waals surface area contributed by atoms with Gasteiger partial charge in [-0.05, 0) is 18.2 Å². The van der Waals surface area contributed by atoms with Gasteiger partial charge in [0.2, 0.25) is 0 Å². The summed E-state index contributed by atoms with van der Waals surface area (Å²) in [5.41, 5.74) is 0.939. The van der Waals surface area contributed by atoms with E-state index in [0.29, 0.717) is 11.3 Å². The van der Waals surface area contributed by atoms with Crippen molar-refractivity contribution in [3.05, 3.63) is 59.9 Å². The zero-order chi connectivity index (χ0) is 14.4. The molecule has 0 unspecified atom stereocenters. The van der Waals surface area contributed by atoms with Gasteiger partial charge in [0, 0.05) is 11.3 Å². The Morgan fingerprint density at radius 3 is 2.60 bits per heavy atom. The van der Waals surface area contributed by atoms with Crippen LogP contribution in [0.5, 0.6) is 5.75 Å². The Bertz CT molecular complexity index is 587. The number of carbonyl (C=O) groups excluding carboxylic acids is 1. The van der Waals surface area contributed by atoms with Gasteiger partial charge in [-0.1, -0.05) is 30.3 Å². The van der Waals surface area contributed by atoms with Crippen LogP contribution in [0.1, 0.15) is 5.56 Å². The molecule has 0 aliphatic carbocycles. The molecule has 20 heavy (non-hydrogen) atoms. The van der Waals surface area contributed by atoms with E-state index in [4.69, 9.17) is 9.84 Å². The first-order valence-corrected chi connectivity index (χ1v) is 6.06. The molecule has 2 rings (SSSR count). The first-order valence-electron chi connectivity index (χ1n) is 6.06. The second kappa shape index (κ2) is 6.68. The fraction of sp³-hybridized carbons (Fsp3) is 0.133. The second-order valence-corrected chi connectivity index (χ2v) is 4.09. The van der Waals surface area contributed by atoms with Crippen molar-refractivity contribution in [2.24, 2.45) is 0 Å². The Morgan fingerprint density at radius 2 is 1.90 bits per heavy atom. The van der Waals surface area contributed by atoms with Crippen molar-refractivity contribution in [2.45, 2.75) is 6.61 Å². The van der Waals surface area contributed by atoms with E-state index >= 15 is 0 Å². The molecule has 2 aromatic rings. The maximum absolute atomic E-state index is 13.5. The number of aliphatic hydroxyl groups is 1. The lowest BCUT2D eigenvalue weighted by Gasteiger charge is -2.11. The number of ether oxygens (including phenoxy) is 1. The summed E-state index contributed by atoms with van der Waals surface area (Å²) in [5, 5.41) is 11.7. The molecule has 0 heterocycles. The minimum Gasteiger partial charge on any atom is -0.480 e. The Morgan fingerprint density at radius 1 is 1.15 bits per heavy atom. The summed E-state index contributed by atoms with van der Waals surface area (Å²) in [4.78, 5) is 11.7. The molecule has 4 nitrogen and oxygen atoms in total. The van der Waals surface area contributed by atoms with E-state index in [1.165, 1.54) is 18.2 Å². The van der Waals surface area contributed by atoms with Crippen LogP contribution in [-0.2, 0) is 11.4 Å². The number of hydrogen-bond acceptors (Lipinski definition) is 3. The predicted molar refractivity (Wildman–Crippen MR) is 72.9 cm³/mol. The minimum atomic E-state index is -0.607. The van der Waals surface area contributed by atoms with Crippen LogP contribution in [0.3, 0.4) is 0 Å². The van der Waals surface area contributed by atoms with Crippen LogP contribution in [0.25, 0.3) is 0 Å². The molecule has 0 radical (unpaired) electrons. The highest BCUT2D eigenvalue weighted by Crippen LogP contribution is 2.22. The summed E-state index contributed by atoms with van der Waals surface area (Å²) < 4.78 is 18.7. The number of rotatable bonds is 5. The number of carbonyl (C=O) groups is 1. The van der Waals surface area contributed by atoms with Gasteiger partial charge >= 0.3 is 0 Å². The summed E-state index contributed by atoms with van der Waals surface area (Å²) in [7, 11) is 0. The molecule has 1 amide bonds. The van der Waals surface area contributed by atoms with Crippen molar-refractivity contribution in [2.75, 3.05) is 11.9 Å². The van der Waals surface area contributed by atoms with Crippen LogP contribution in [0.2, 0.25) is 0 Å². The van der Waals surface area contributed by atoms with Crippen LogP contribution in [-0.4, -0.2) is 17.6 Å². The maximum Gasteiger partial charge on any atom is 0.262 e. The smallest absolute Gasteiger partial charge is 0.262 e. The lowest BCUT2D eigenvalue weighted by atomic mass is 10.2. The molecule has 0 spiro atoms. The molecule has 0 aliphatic heterocycles. The van der Waals surface area contributed by atoms with Gasteiger partial charge in [0.1, 0.15) is 0 Å². The Balaban J connectivity index is 1.97. The molecule has 0 atom stereocenters. The van der Waals surface area contributed by atoms with Crippen molar-refractivity contribution < 1.29 is 19.0 Å². The Labute approximate surface area is 115 Å². The number of anilines is 1. The number of aliphatic hydroxyl groups excluding tert-OH is 1. The topological polar surface area (TPSA) is 58.6 Å². The number of halogens is 1. The second-order valence-electron chi connectivity index (χ2n) is 4.09. The fourth-order valence-electron chi connectivity index (χ4n) is 1.70. The molecule has 5 heteroatoms. The largest absolute Gasteiger partial charge is 0.480 e. The number of para-hydroxylation sites is 2. The lowest BCUT2D eigenvalue weighted by Crippen LogP contribution is -2.20. The normalized spacial score (nSPS) is 10.1.